The summed E-state index contributed by atoms with van der Waals surface area (Å²) in [5.41, 5.74) is 2.94. The van der Waals surface area contributed by atoms with Crippen LogP contribution >= 0.6 is 0 Å². The molecule has 0 saturated carbocycles. The second-order valence-corrected chi connectivity index (χ2v) is 6.31. The van der Waals surface area contributed by atoms with Crippen molar-refractivity contribution in [3.63, 3.8) is 0 Å². The number of aromatic nitrogens is 1. The van der Waals surface area contributed by atoms with Crippen LogP contribution in [0.2, 0.25) is 0 Å². The van der Waals surface area contributed by atoms with E-state index in [1.54, 1.807) is 12.2 Å². The second kappa shape index (κ2) is 5.99. The van der Waals surface area contributed by atoms with Crippen LogP contribution in [0.5, 0.6) is 0 Å². The minimum absolute atomic E-state index is 0.218. The number of aromatic amines is 1. The van der Waals surface area contributed by atoms with Crippen molar-refractivity contribution in [1.82, 2.24) is 9.88 Å². The number of hydrogen-bond donors (Lipinski definition) is 1. The SMILES string of the molecule is C=Cc1[nH]cc(CC(=O)N2CC3C=CC2C(CC)C3)c1C=C. The van der Waals surface area contributed by atoms with Gasteiger partial charge < -0.3 is 9.88 Å². The third-order valence-electron chi connectivity index (χ3n) is 5.09. The molecule has 2 bridgehead atoms. The van der Waals surface area contributed by atoms with E-state index in [0.717, 1.165) is 29.8 Å². The van der Waals surface area contributed by atoms with Gasteiger partial charge in [0.25, 0.3) is 0 Å². The quantitative estimate of drug-likeness (QED) is 0.827. The molecule has 2 aliphatic heterocycles. The molecule has 1 amide bonds. The lowest BCUT2D eigenvalue weighted by molar-refractivity contribution is -0.135. The molecule has 3 heteroatoms. The van der Waals surface area contributed by atoms with Crippen LogP contribution in [0.15, 0.2) is 31.5 Å². The summed E-state index contributed by atoms with van der Waals surface area (Å²) in [7, 11) is 0. The summed E-state index contributed by atoms with van der Waals surface area (Å²) in [6.45, 7) is 10.7. The van der Waals surface area contributed by atoms with Crippen LogP contribution < -0.4 is 0 Å². The van der Waals surface area contributed by atoms with Crippen LogP contribution in [0.1, 0.15) is 36.6 Å². The van der Waals surface area contributed by atoms with Gasteiger partial charge in [-0.2, -0.15) is 0 Å². The number of piperidine rings is 1. The van der Waals surface area contributed by atoms with Gasteiger partial charge in [-0.25, -0.2) is 0 Å². The molecule has 0 spiro atoms. The lowest BCUT2D eigenvalue weighted by Crippen LogP contribution is -2.53. The van der Waals surface area contributed by atoms with Crippen molar-refractivity contribution < 1.29 is 4.79 Å². The molecule has 3 unspecified atom stereocenters. The lowest BCUT2D eigenvalue weighted by atomic mass is 9.76. The zero-order chi connectivity index (χ0) is 15.7. The molecule has 4 rings (SSSR count). The molecule has 116 valence electrons. The first kappa shape index (κ1) is 14.9. The maximum absolute atomic E-state index is 12.8. The third-order valence-corrected chi connectivity index (χ3v) is 5.09. The maximum Gasteiger partial charge on any atom is 0.227 e. The van der Waals surface area contributed by atoms with E-state index in [2.05, 4.69) is 42.1 Å². The van der Waals surface area contributed by atoms with E-state index in [1.807, 2.05) is 6.20 Å². The molecular weight excluding hydrogens is 272 g/mol. The largest absolute Gasteiger partial charge is 0.361 e. The van der Waals surface area contributed by atoms with Crippen LogP contribution in [-0.2, 0) is 11.2 Å². The Hall–Kier alpha value is -2.03. The normalized spacial score (nSPS) is 26.2. The summed E-state index contributed by atoms with van der Waals surface area (Å²) in [4.78, 5) is 18.0. The lowest BCUT2D eigenvalue weighted by Gasteiger charge is -2.46. The standard InChI is InChI=1S/C19H24N2O/c1-4-14-9-13-7-8-18(14)21(12-13)19(22)10-15-11-20-17(6-3)16(15)5-2/h5-8,11,13-14,18,20H,2-4,9-10,12H2,1H3. The molecule has 1 aromatic rings. The summed E-state index contributed by atoms with van der Waals surface area (Å²) >= 11 is 0. The van der Waals surface area contributed by atoms with E-state index in [-0.39, 0.29) is 11.9 Å². The number of fused-ring (bicyclic) bond motifs is 2. The van der Waals surface area contributed by atoms with Crippen LogP contribution in [0.4, 0.5) is 0 Å². The van der Waals surface area contributed by atoms with Crippen molar-refractivity contribution in [2.24, 2.45) is 11.8 Å². The number of hydrogen-bond acceptors (Lipinski definition) is 1. The highest BCUT2D eigenvalue weighted by molar-refractivity contribution is 5.82. The third kappa shape index (κ3) is 2.45. The molecule has 1 saturated heterocycles. The second-order valence-electron chi connectivity index (χ2n) is 6.31. The van der Waals surface area contributed by atoms with Gasteiger partial charge in [-0.1, -0.05) is 44.7 Å². The van der Waals surface area contributed by atoms with Gasteiger partial charge in [0.2, 0.25) is 5.91 Å². The Bertz CT molecular complexity index is 625. The highest BCUT2D eigenvalue weighted by Gasteiger charge is 2.38. The molecule has 1 N–H and O–H groups in total. The molecule has 3 heterocycles. The monoisotopic (exact) mass is 296 g/mol. The number of carbonyl (C=O) groups is 1. The number of carbonyl (C=O) groups excluding carboxylic acids is 1. The highest BCUT2D eigenvalue weighted by Crippen LogP contribution is 2.36. The Morgan fingerprint density at radius 2 is 2.23 bits per heavy atom. The van der Waals surface area contributed by atoms with E-state index in [1.165, 1.54) is 6.42 Å². The van der Waals surface area contributed by atoms with Crippen molar-refractivity contribution in [2.45, 2.75) is 32.2 Å². The Balaban J connectivity index is 1.78. The van der Waals surface area contributed by atoms with Crippen molar-refractivity contribution in [3.05, 3.63) is 48.3 Å². The fraction of sp³-hybridized carbons (Fsp3) is 0.421. The number of H-pyrrole nitrogens is 1. The van der Waals surface area contributed by atoms with Gasteiger partial charge in [0.15, 0.2) is 0 Å². The molecule has 0 aromatic carbocycles. The molecular formula is C19H24N2O. The molecule has 1 aromatic heterocycles. The Labute approximate surface area is 132 Å². The number of amides is 1. The van der Waals surface area contributed by atoms with Crippen molar-refractivity contribution in [2.75, 3.05) is 6.54 Å². The van der Waals surface area contributed by atoms with Crippen LogP contribution in [-0.4, -0.2) is 28.4 Å². The smallest absolute Gasteiger partial charge is 0.227 e. The molecule has 0 radical (unpaired) electrons. The van der Waals surface area contributed by atoms with Gasteiger partial charge in [-0.3, -0.25) is 4.79 Å². The predicted molar refractivity (Wildman–Crippen MR) is 91.2 cm³/mol. The predicted octanol–water partition coefficient (Wildman–Crippen LogP) is 3.66. The van der Waals surface area contributed by atoms with Crippen molar-refractivity contribution in [3.8, 4) is 0 Å². The molecule has 1 aliphatic carbocycles. The van der Waals surface area contributed by atoms with E-state index in [0.29, 0.717) is 18.3 Å². The molecule has 1 fully saturated rings. The molecule has 3 atom stereocenters. The summed E-state index contributed by atoms with van der Waals surface area (Å²) in [5.74, 6) is 1.37. The van der Waals surface area contributed by atoms with Crippen LogP contribution in [0.25, 0.3) is 12.2 Å². The first-order valence-electron chi connectivity index (χ1n) is 8.10. The van der Waals surface area contributed by atoms with E-state index in [9.17, 15) is 4.79 Å². The number of nitrogens with one attached hydrogen (secondary N) is 1. The summed E-state index contributed by atoms with van der Waals surface area (Å²) in [5, 5.41) is 0. The van der Waals surface area contributed by atoms with E-state index >= 15 is 0 Å². The minimum atomic E-state index is 0.218. The first-order valence-corrected chi connectivity index (χ1v) is 8.10. The summed E-state index contributed by atoms with van der Waals surface area (Å²) in [6.07, 6.45) is 12.8. The fourth-order valence-corrected chi connectivity index (χ4v) is 3.89. The van der Waals surface area contributed by atoms with Crippen molar-refractivity contribution >= 4 is 18.1 Å². The Morgan fingerprint density at radius 1 is 1.41 bits per heavy atom. The number of rotatable bonds is 5. The zero-order valence-electron chi connectivity index (χ0n) is 13.2. The van der Waals surface area contributed by atoms with E-state index < -0.39 is 0 Å². The molecule has 3 nitrogen and oxygen atoms in total. The van der Waals surface area contributed by atoms with Gasteiger partial charge >= 0.3 is 0 Å². The van der Waals surface area contributed by atoms with Gasteiger partial charge in [0.1, 0.15) is 0 Å². The average molecular weight is 296 g/mol. The highest BCUT2D eigenvalue weighted by atomic mass is 16.2. The molecule has 3 aliphatic rings. The first-order chi connectivity index (χ1) is 10.7. The van der Waals surface area contributed by atoms with Gasteiger partial charge in [-0.05, 0) is 29.9 Å². The zero-order valence-corrected chi connectivity index (χ0v) is 13.2. The summed E-state index contributed by atoms with van der Waals surface area (Å²) < 4.78 is 0. The summed E-state index contributed by atoms with van der Waals surface area (Å²) in [6, 6.07) is 0.285. The number of nitrogens with zero attached hydrogens (tertiary/aromatic N) is 1. The Morgan fingerprint density at radius 3 is 2.86 bits per heavy atom. The Kier molecular flexibility index (Phi) is 4.06. The van der Waals surface area contributed by atoms with Crippen LogP contribution in [0, 0.1) is 11.8 Å². The molecule has 22 heavy (non-hydrogen) atoms. The maximum atomic E-state index is 12.8. The van der Waals surface area contributed by atoms with Crippen LogP contribution in [0.3, 0.4) is 0 Å². The average Bonchev–Trinajstić information content (AvgIpc) is 2.96. The fourth-order valence-electron chi connectivity index (χ4n) is 3.89. The van der Waals surface area contributed by atoms with Crippen molar-refractivity contribution in [1.29, 1.82) is 0 Å². The van der Waals surface area contributed by atoms with E-state index in [4.69, 9.17) is 0 Å². The minimum Gasteiger partial charge on any atom is -0.361 e. The van der Waals surface area contributed by atoms with Gasteiger partial charge in [-0.15, -0.1) is 0 Å². The van der Waals surface area contributed by atoms with Gasteiger partial charge in [0.05, 0.1) is 12.5 Å². The van der Waals surface area contributed by atoms with Gasteiger partial charge in [0, 0.05) is 24.0 Å². The topological polar surface area (TPSA) is 36.1 Å².